The van der Waals surface area contributed by atoms with Crippen LogP contribution < -0.4 is 16.6 Å². The van der Waals surface area contributed by atoms with Crippen LogP contribution in [0.2, 0.25) is 0 Å². The maximum Gasteiger partial charge on any atom is 0.253 e. The number of aryl methyl sites for hydroxylation is 1. The van der Waals surface area contributed by atoms with Gasteiger partial charge in [-0.05, 0) is 49.5 Å². The van der Waals surface area contributed by atoms with Crippen LogP contribution in [0.3, 0.4) is 0 Å². The molecule has 5 heteroatoms. The van der Waals surface area contributed by atoms with Gasteiger partial charge in [0, 0.05) is 6.54 Å². The number of nitrogens with two attached hydrogens (primary N) is 1. The maximum absolute atomic E-state index is 12.0. The van der Waals surface area contributed by atoms with Gasteiger partial charge in [0.2, 0.25) is 0 Å². The van der Waals surface area contributed by atoms with Gasteiger partial charge in [-0.2, -0.15) is 11.8 Å². The quantitative estimate of drug-likeness (QED) is 0.389. The standard InChI is InChI=1S/C14H23N3OS/c1-11-6-7-12(13(10-11)17-15)14(18)16-8-4-3-5-9-19-2/h6-7,10,17H,3-5,8-9,15H2,1-2H3,(H,16,18). The normalized spacial score (nSPS) is 10.3. The van der Waals surface area contributed by atoms with Crippen LogP contribution in [0.15, 0.2) is 18.2 Å². The van der Waals surface area contributed by atoms with Gasteiger partial charge in [-0.25, -0.2) is 0 Å². The molecule has 19 heavy (non-hydrogen) atoms. The lowest BCUT2D eigenvalue weighted by Crippen LogP contribution is -2.26. The third-order valence-electron chi connectivity index (χ3n) is 2.89. The summed E-state index contributed by atoms with van der Waals surface area (Å²) in [6.45, 7) is 2.68. The molecule has 0 saturated heterocycles. The lowest BCUT2D eigenvalue weighted by Gasteiger charge is -2.10. The van der Waals surface area contributed by atoms with Crippen molar-refractivity contribution in [2.45, 2.75) is 26.2 Å². The lowest BCUT2D eigenvalue weighted by atomic mass is 10.1. The minimum Gasteiger partial charge on any atom is -0.352 e. The Balaban J connectivity index is 2.41. The molecule has 0 unspecified atom stereocenters. The first-order chi connectivity index (χ1) is 9.19. The molecule has 0 saturated carbocycles. The Morgan fingerprint density at radius 3 is 2.79 bits per heavy atom. The van der Waals surface area contributed by atoms with Gasteiger partial charge >= 0.3 is 0 Å². The van der Waals surface area contributed by atoms with E-state index in [-0.39, 0.29) is 5.91 Å². The molecule has 4 N–H and O–H groups in total. The molecule has 0 spiro atoms. The zero-order valence-corrected chi connectivity index (χ0v) is 12.5. The molecular weight excluding hydrogens is 258 g/mol. The van der Waals surface area contributed by atoms with Crippen molar-refractivity contribution in [1.82, 2.24) is 5.32 Å². The first kappa shape index (κ1) is 15.9. The number of carbonyl (C=O) groups is 1. The average molecular weight is 281 g/mol. The summed E-state index contributed by atoms with van der Waals surface area (Å²) >= 11 is 1.86. The number of amides is 1. The summed E-state index contributed by atoms with van der Waals surface area (Å²) in [5, 5.41) is 2.93. The fourth-order valence-electron chi connectivity index (χ4n) is 1.82. The van der Waals surface area contributed by atoms with E-state index in [1.165, 1.54) is 12.2 Å². The van der Waals surface area contributed by atoms with Crippen molar-refractivity contribution < 1.29 is 4.79 Å². The van der Waals surface area contributed by atoms with Crippen molar-refractivity contribution in [2.75, 3.05) is 24.0 Å². The van der Waals surface area contributed by atoms with Gasteiger partial charge < -0.3 is 10.7 Å². The van der Waals surface area contributed by atoms with Crippen LogP contribution >= 0.6 is 11.8 Å². The highest BCUT2D eigenvalue weighted by atomic mass is 32.2. The Labute approximate surface area is 119 Å². The number of hydrogen-bond acceptors (Lipinski definition) is 4. The van der Waals surface area contributed by atoms with Crippen LogP contribution in [0.25, 0.3) is 0 Å². The van der Waals surface area contributed by atoms with E-state index in [0.717, 1.165) is 18.4 Å². The van der Waals surface area contributed by atoms with Gasteiger partial charge in [0.25, 0.3) is 5.91 Å². The minimum absolute atomic E-state index is 0.0715. The highest BCUT2D eigenvalue weighted by molar-refractivity contribution is 7.98. The summed E-state index contributed by atoms with van der Waals surface area (Å²) in [6.07, 6.45) is 5.48. The molecule has 1 aromatic carbocycles. The van der Waals surface area contributed by atoms with E-state index in [9.17, 15) is 4.79 Å². The summed E-state index contributed by atoms with van der Waals surface area (Å²) < 4.78 is 0. The summed E-state index contributed by atoms with van der Waals surface area (Å²) in [5.41, 5.74) is 4.90. The number of thioether (sulfide) groups is 1. The van der Waals surface area contributed by atoms with Crippen LogP contribution in [-0.2, 0) is 0 Å². The lowest BCUT2D eigenvalue weighted by molar-refractivity contribution is 0.0954. The van der Waals surface area contributed by atoms with Crippen LogP contribution in [0.1, 0.15) is 35.2 Å². The van der Waals surface area contributed by atoms with Crippen molar-refractivity contribution in [2.24, 2.45) is 5.84 Å². The first-order valence-electron chi connectivity index (χ1n) is 6.53. The second-order valence-corrected chi connectivity index (χ2v) is 5.49. The van der Waals surface area contributed by atoms with E-state index in [1.54, 1.807) is 6.07 Å². The van der Waals surface area contributed by atoms with E-state index in [4.69, 9.17) is 5.84 Å². The molecule has 0 aliphatic heterocycles. The summed E-state index contributed by atoms with van der Waals surface area (Å²) in [6, 6.07) is 5.58. The molecule has 0 bridgehead atoms. The molecule has 0 aromatic heterocycles. The molecule has 1 aromatic rings. The molecular formula is C14H23N3OS. The number of anilines is 1. The molecule has 0 atom stereocenters. The zero-order chi connectivity index (χ0) is 14.1. The summed E-state index contributed by atoms with van der Waals surface area (Å²) in [5.74, 6) is 6.55. The Morgan fingerprint density at radius 1 is 1.32 bits per heavy atom. The van der Waals surface area contributed by atoms with Crippen LogP contribution in [0.4, 0.5) is 5.69 Å². The van der Waals surface area contributed by atoms with Crippen LogP contribution in [-0.4, -0.2) is 24.5 Å². The minimum atomic E-state index is -0.0715. The molecule has 0 radical (unpaired) electrons. The second-order valence-electron chi connectivity index (χ2n) is 4.50. The van der Waals surface area contributed by atoms with E-state index in [1.807, 2.05) is 30.8 Å². The van der Waals surface area contributed by atoms with Gasteiger partial charge in [0.15, 0.2) is 0 Å². The number of nitrogen functional groups attached to an aromatic ring is 1. The number of benzene rings is 1. The third kappa shape index (κ3) is 5.53. The molecule has 1 amide bonds. The number of unbranched alkanes of at least 4 members (excludes halogenated alkanes) is 2. The fourth-order valence-corrected chi connectivity index (χ4v) is 2.31. The third-order valence-corrected chi connectivity index (χ3v) is 3.58. The molecule has 1 rings (SSSR count). The number of hydrazine groups is 1. The molecule has 0 fully saturated rings. The largest absolute Gasteiger partial charge is 0.352 e. The van der Waals surface area contributed by atoms with Crippen molar-refractivity contribution in [3.63, 3.8) is 0 Å². The highest BCUT2D eigenvalue weighted by Crippen LogP contribution is 2.16. The molecule has 0 aliphatic rings. The van der Waals surface area contributed by atoms with Gasteiger partial charge in [-0.15, -0.1) is 0 Å². The van der Waals surface area contributed by atoms with E-state index in [2.05, 4.69) is 17.0 Å². The summed E-state index contributed by atoms with van der Waals surface area (Å²) in [7, 11) is 0. The fraction of sp³-hybridized carbons (Fsp3) is 0.500. The monoisotopic (exact) mass is 281 g/mol. The Kier molecular flexibility index (Phi) is 7.36. The Hall–Kier alpha value is -1.20. The van der Waals surface area contributed by atoms with Crippen molar-refractivity contribution in [3.05, 3.63) is 29.3 Å². The number of rotatable bonds is 8. The van der Waals surface area contributed by atoms with Crippen LogP contribution in [0.5, 0.6) is 0 Å². The van der Waals surface area contributed by atoms with E-state index < -0.39 is 0 Å². The summed E-state index contributed by atoms with van der Waals surface area (Å²) in [4.78, 5) is 12.0. The molecule has 106 valence electrons. The maximum atomic E-state index is 12.0. The van der Waals surface area contributed by atoms with E-state index >= 15 is 0 Å². The Bertz CT molecular complexity index is 410. The van der Waals surface area contributed by atoms with E-state index in [0.29, 0.717) is 17.8 Å². The van der Waals surface area contributed by atoms with Crippen molar-refractivity contribution in [3.8, 4) is 0 Å². The van der Waals surface area contributed by atoms with Gasteiger partial charge in [-0.1, -0.05) is 12.5 Å². The number of hydrogen-bond donors (Lipinski definition) is 3. The average Bonchev–Trinajstić information content (AvgIpc) is 2.42. The van der Waals surface area contributed by atoms with Crippen LogP contribution in [0, 0.1) is 6.92 Å². The predicted molar refractivity (Wildman–Crippen MR) is 83.6 cm³/mol. The Morgan fingerprint density at radius 2 is 2.11 bits per heavy atom. The first-order valence-corrected chi connectivity index (χ1v) is 7.93. The molecule has 0 aliphatic carbocycles. The number of carbonyl (C=O) groups excluding carboxylic acids is 1. The SMILES string of the molecule is CSCCCCCNC(=O)c1ccc(C)cc1NN. The zero-order valence-electron chi connectivity index (χ0n) is 11.7. The van der Waals surface area contributed by atoms with Gasteiger partial charge in [0.05, 0.1) is 11.3 Å². The van der Waals surface area contributed by atoms with Gasteiger partial charge in [-0.3, -0.25) is 10.6 Å². The topological polar surface area (TPSA) is 67.2 Å². The highest BCUT2D eigenvalue weighted by Gasteiger charge is 2.10. The molecule has 4 nitrogen and oxygen atoms in total. The van der Waals surface area contributed by atoms with Crippen molar-refractivity contribution in [1.29, 1.82) is 0 Å². The van der Waals surface area contributed by atoms with Gasteiger partial charge in [0.1, 0.15) is 0 Å². The van der Waals surface area contributed by atoms with Crippen molar-refractivity contribution >= 4 is 23.4 Å². The second kappa shape index (κ2) is 8.82. The predicted octanol–water partition coefficient (Wildman–Crippen LogP) is 2.54. The number of nitrogens with one attached hydrogen (secondary N) is 2. The smallest absolute Gasteiger partial charge is 0.253 e. The molecule has 0 heterocycles.